The van der Waals surface area contributed by atoms with Crippen LogP contribution in [0.5, 0.6) is 5.75 Å². The molecular formula is C8H6O7S. The Labute approximate surface area is 90.0 Å². The molecule has 0 amide bonds. The average molecular weight is 246 g/mol. The van der Waals surface area contributed by atoms with E-state index in [4.69, 9.17) is 9.66 Å². The first-order chi connectivity index (χ1) is 7.34. The predicted molar refractivity (Wildman–Crippen MR) is 49.9 cm³/mol. The number of benzene rings is 1. The van der Waals surface area contributed by atoms with Crippen molar-refractivity contribution in [3.05, 3.63) is 23.8 Å². The monoisotopic (exact) mass is 246 g/mol. The van der Waals surface area contributed by atoms with Crippen molar-refractivity contribution in [3.8, 4) is 5.75 Å². The zero-order chi connectivity index (χ0) is 12.3. The van der Waals surface area contributed by atoms with Crippen LogP contribution in [-0.2, 0) is 14.9 Å². The highest BCUT2D eigenvalue weighted by molar-refractivity contribution is 7.85. The fraction of sp³-hybridized carbons (Fsp3) is 0. The third kappa shape index (κ3) is 2.78. The van der Waals surface area contributed by atoms with Crippen LogP contribution in [0.3, 0.4) is 0 Å². The number of hydrogen-bond donors (Lipinski definition) is 2. The van der Waals surface area contributed by atoms with Gasteiger partial charge in [-0.25, -0.2) is 4.79 Å². The van der Waals surface area contributed by atoms with E-state index in [1.54, 1.807) is 0 Å². The van der Waals surface area contributed by atoms with Gasteiger partial charge in [-0.1, -0.05) is 0 Å². The molecule has 1 aromatic carbocycles. The molecule has 0 bridgehead atoms. The average Bonchev–Trinajstić information content (AvgIpc) is 2.16. The molecule has 0 spiro atoms. The van der Waals surface area contributed by atoms with Crippen LogP contribution < -0.4 is 4.74 Å². The summed E-state index contributed by atoms with van der Waals surface area (Å²) in [7, 11) is -4.56. The maximum absolute atomic E-state index is 10.8. The molecule has 0 unspecified atom stereocenters. The van der Waals surface area contributed by atoms with Crippen LogP contribution >= 0.6 is 0 Å². The first kappa shape index (κ1) is 12.1. The molecule has 1 aromatic rings. The third-order valence-electron chi connectivity index (χ3n) is 1.61. The van der Waals surface area contributed by atoms with Crippen molar-refractivity contribution in [3.63, 3.8) is 0 Å². The molecule has 0 saturated heterocycles. The highest BCUT2D eigenvalue weighted by Crippen LogP contribution is 2.20. The second-order valence-electron chi connectivity index (χ2n) is 2.69. The number of rotatable bonds is 4. The summed E-state index contributed by atoms with van der Waals surface area (Å²) in [5.74, 6) is -1.70. The van der Waals surface area contributed by atoms with E-state index in [1.807, 2.05) is 0 Å². The quantitative estimate of drug-likeness (QED) is 0.574. The van der Waals surface area contributed by atoms with E-state index in [-0.39, 0.29) is 12.2 Å². The molecule has 1 rings (SSSR count). The maximum atomic E-state index is 10.8. The molecule has 86 valence electrons. The highest BCUT2D eigenvalue weighted by Gasteiger charge is 2.15. The minimum absolute atomic E-state index is 0.00867. The SMILES string of the molecule is O=COc1cc(C(=O)O)cc(S(=O)(=O)O)c1. The second kappa shape index (κ2) is 4.29. The van der Waals surface area contributed by atoms with E-state index in [0.29, 0.717) is 0 Å². The van der Waals surface area contributed by atoms with E-state index in [2.05, 4.69) is 4.74 Å². The van der Waals surface area contributed by atoms with Crippen molar-refractivity contribution in [2.75, 3.05) is 0 Å². The standard InChI is InChI=1S/C8H6O7S/c9-4-15-6-1-5(8(10)11)2-7(3-6)16(12,13)14/h1-4H,(H,10,11)(H,12,13,14). The Kier molecular flexibility index (Phi) is 3.25. The summed E-state index contributed by atoms with van der Waals surface area (Å²) in [5, 5.41) is 8.65. The van der Waals surface area contributed by atoms with Gasteiger partial charge in [0.25, 0.3) is 16.6 Å². The van der Waals surface area contributed by atoms with Crippen LogP contribution in [0.2, 0.25) is 0 Å². The van der Waals surface area contributed by atoms with Crippen LogP contribution in [0, 0.1) is 0 Å². The number of carboxylic acid groups (broad SMARTS) is 1. The van der Waals surface area contributed by atoms with Crippen molar-refractivity contribution >= 4 is 22.6 Å². The van der Waals surface area contributed by atoms with Crippen molar-refractivity contribution in [1.82, 2.24) is 0 Å². The van der Waals surface area contributed by atoms with Gasteiger partial charge in [0.15, 0.2) is 0 Å². The molecule has 0 aliphatic heterocycles. The number of hydrogen-bond acceptors (Lipinski definition) is 5. The molecular weight excluding hydrogens is 240 g/mol. The van der Waals surface area contributed by atoms with Gasteiger partial charge in [0, 0.05) is 6.07 Å². The van der Waals surface area contributed by atoms with Gasteiger partial charge >= 0.3 is 5.97 Å². The summed E-state index contributed by atoms with van der Waals surface area (Å²) in [4.78, 5) is 20.0. The number of carbonyl (C=O) groups is 2. The molecule has 0 heterocycles. The Balaban J connectivity index is 3.41. The topological polar surface area (TPSA) is 118 Å². The molecule has 0 saturated carbocycles. The van der Waals surface area contributed by atoms with Crippen LogP contribution in [0.4, 0.5) is 0 Å². The van der Waals surface area contributed by atoms with Crippen molar-refractivity contribution in [2.24, 2.45) is 0 Å². The van der Waals surface area contributed by atoms with Gasteiger partial charge in [-0.15, -0.1) is 0 Å². The Morgan fingerprint density at radius 3 is 2.38 bits per heavy atom. The fourth-order valence-corrected chi connectivity index (χ4v) is 1.51. The Bertz CT molecular complexity index is 531. The van der Waals surface area contributed by atoms with Gasteiger partial charge in [0.2, 0.25) is 0 Å². The number of carbonyl (C=O) groups excluding carboxylic acids is 1. The van der Waals surface area contributed by atoms with Gasteiger partial charge in [-0.05, 0) is 12.1 Å². The van der Waals surface area contributed by atoms with E-state index < -0.39 is 26.5 Å². The number of carboxylic acids is 1. The van der Waals surface area contributed by atoms with Crippen LogP contribution in [0.15, 0.2) is 23.1 Å². The van der Waals surface area contributed by atoms with E-state index in [0.717, 1.165) is 18.2 Å². The molecule has 0 aliphatic carbocycles. The molecule has 16 heavy (non-hydrogen) atoms. The Morgan fingerprint density at radius 2 is 1.94 bits per heavy atom. The van der Waals surface area contributed by atoms with E-state index >= 15 is 0 Å². The smallest absolute Gasteiger partial charge is 0.335 e. The zero-order valence-corrected chi connectivity index (χ0v) is 8.47. The summed E-state index contributed by atoms with van der Waals surface area (Å²) in [6.45, 7) is 0.00867. The number of ether oxygens (including phenoxy) is 1. The van der Waals surface area contributed by atoms with E-state index in [1.165, 1.54) is 0 Å². The first-order valence-electron chi connectivity index (χ1n) is 3.81. The largest absolute Gasteiger partial charge is 0.478 e. The molecule has 0 atom stereocenters. The molecule has 2 N–H and O–H groups in total. The van der Waals surface area contributed by atoms with E-state index in [9.17, 15) is 18.0 Å². The van der Waals surface area contributed by atoms with Crippen LogP contribution in [-0.4, -0.2) is 30.5 Å². The minimum atomic E-state index is -4.56. The summed E-state index contributed by atoms with van der Waals surface area (Å²) in [6, 6.07) is 2.52. The summed E-state index contributed by atoms with van der Waals surface area (Å²) >= 11 is 0. The summed E-state index contributed by atoms with van der Waals surface area (Å²) < 4.78 is 34.6. The number of aromatic carboxylic acids is 1. The Morgan fingerprint density at radius 1 is 1.31 bits per heavy atom. The van der Waals surface area contributed by atoms with Crippen molar-refractivity contribution in [1.29, 1.82) is 0 Å². The van der Waals surface area contributed by atoms with Crippen molar-refractivity contribution in [2.45, 2.75) is 4.90 Å². The van der Waals surface area contributed by atoms with Gasteiger partial charge < -0.3 is 9.84 Å². The zero-order valence-electron chi connectivity index (χ0n) is 7.65. The summed E-state index contributed by atoms with van der Waals surface area (Å²) in [6.07, 6.45) is 0. The molecule has 0 radical (unpaired) electrons. The van der Waals surface area contributed by atoms with Gasteiger partial charge in [0.05, 0.1) is 10.5 Å². The lowest BCUT2D eigenvalue weighted by atomic mass is 10.2. The van der Waals surface area contributed by atoms with Gasteiger partial charge in [0.1, 0.15) is 5.75 Å². The Hall–Kier alpha value is -1.93. The van der Waals surface area contributed by atoms with Crippen LogP contribution in [0.25, 0.3) is 0 Å². The normalized spacial score (nSPS) is 10.8. The van der Waals surface area contributed by atoms with Crippen LogP contribution in [0.1, 0.15) is 10.4 Å². The molecule has 7 nitrogen and oxygen atoms in total. The molecule has 0 aliphatic rings. The first-order valence-corrected chi connectivity index (χ1v) is 5.25. The van der Waals surface area contributed by atoms with Gasteiger partial charge in [-0.2, -0.15) is 8.42 Å². The predicted octanol–water partition coefficient (Wildman–Crippen LogP) is 0.167. The molecule has 8 heteroatoms. The third-order valence-corrected chi connectivity index (χ3v) is 2.44. The lowest BCUT2D eigenvalue weighted by molar-refractivity contribution is -0.120. The summed E-state index contributed by atoms with van der Waals surface area (Å²) in [5.41, 5.74) is -0.424. The lowest BCUT2D eigenvalue weighted by Gasteiger charge is -2.03. The highest BCUT2D eigenvalue weighted by atomic mass is 32.2. The molecule has 0 fully saturated rings. The minimum Gasteiger partial charge on any atom is -0.478 e. The molecule has 0 aromatic heterocycles. The second-order valence-corrected chi connectivity index (χ2v) is 4.11. The maximum Gasteiger partial charge on any atom is 0.335 e. The van der Waals surface area contributed by atoms with Gasteiger partial charge in [-0.3, -0.25) is 9.35 Å². The lowest BCUT2D eigenvalue weighted by Crippen LogP contribution is -2.04. The fourth-order valence-electron chi connectivity index (χ4n) is 0.968. The van der Waals surface area contributed by atoms with Crippen molar-refractivity contribution < 1.29 is 32.4 Å².